The molecule has 3 aromatic rings. The Bertz CT molecular complexity index is 1620. The molecule has 2 N–H and O–H groups in total. The third kappa shape index (κ3) is 7.33. The van der Waals surface area contributed by atoms with E-state index in [0.717, 1.165) is 5.01 Å². The van der Waals surface area contributed by atoms with Crippen LogP contribution >= 0.6 is 11.3 Å². The topological polar surface area (TPSA) is 148 Å². The van der Waals surface area contributed by atoms with Gasteiger partial charge in [0.25, 0.3) is 17.7 Å². The maximum atomic E-state index is 13.7. The normalized spacial score (nSPS) is 19.8. The maximum absolute atomic E-state index is 13.7. The van der Waals surface area contributed by atoms with Crippen LogP contribution in [0.3, 0.4) is 0 Å². The average Bonchev–Trinajstić information content (AvgIpc) is 3.71. The number of hydrogen-bond donors (Lipinski definition) is 2. The molecular formula is C32H41N7O6S. The minimum atomic E-state index is -0.775. The molecule has 4 heterocycles. The summed E-state index contributed by atoms with van der Waals surface area (Å²) in [4.78, 5) is 62.2. The zero-order chi connectivity index (χ0) is 33.0. The van der Waals surface area contributed by atoms with Crippen molar-refractivity contribution in [3.05, 3.63) is 56.8 Å². The second kappa shape index (κ2) is 14.3. The Morgan fingerprint density at radius 2 is 1.78 bits per heavy atom. The van der Waals surface area contributed by atoms with Crippen molar-refractivity contribution in [2.45, 2.75) is 58.6 Å². The number of thiazole rings is 1. The van der Waals surface area contributed by atoms with Crippen LogP contribution in [0, 0.1) is 20.8 Å². The summed E-state index contributed by atoms with van der Waals surface area (Å²) in [6.45, 7) is 7.38. The van der Waals surface area contributed by atoms with Gasteiger partial charge in [0.2, 0.25) is 5.91 Å². The molecule has 1 saturated heterocycles. The summed E-state index contributed by atoms with van der Waals surface area (Å²) in [7, 11) is 3.21. The highest BCUT2D eigenvalue weighted by Gasteiger charge is 2.42. The SMILES string of the molecule is COc1ccc2cc1O[C@H]1C[C@@H](C(=O)NCCCCN(C(=O)c3sc(C)nc3C)CCCNC2=O)N(C(=O)c2cc(C)nn2C)C1. The number of rotatable bonds is 3. The molecule has 0 aliphatic carbocycles. The van der Waals surface area contributed by atoms with Crippen molar-refractivity contribution >= 4 is 35.0 Å². The first-order chi connectivity index (χ1) is 22.0. The van der Waals surface area contributed by atoms with Crippen molar-refractivity contribution in [2.75, 3.05) is 39.8 Å². The van der Waals surface area contributed by atoms with Crippen LogP contribution in [0.15, 0.2) is 24.3 Å². The third-order valence-electron chi connectivity index (χ3n) is 8.20. The minimum Gasteiger partial charge on any atom is -0.493 e. The van der Waals surface area contributed by atoms with Gasteiger partial charge in [-0.2, -0.15) is 5.10 Å². The van der Waals surface area contributed by atoms with E-state index in [1.54, 1.807) is 43.1 Å². The van der Waals surface area contributed by atoms with E-state index in [9.17, 15) is 19.2 Å². The van der Waals surface area contributed by atoms with Gasteiger partial charge in [-0.3, -0.25) is 23.9 Å². The summed E-state index contributed by atoms with van der Waals surface area (Å²) in [6, 6.07) is 5.84. The maximum Gasteiger partial charge on any atom is 0.272 e. The minimum absolute atomic E-state index is 0.0853. The highest BCUT2D eigenvalue weighted by atomic mass is 32.1. The lowest BCUT2D eigenvalue weighted by atomic mass is 10.1. The van der Waals surface area contributed by atoms with E-state index in [2.05, 4.69) is 20.7 Å². The van der Waals surface area contributed by atoms with Crippen LogP contribution in [0.4, 0.5) is 0 Å². The van der Waals surface area contributed by atoms with Gasteiger partial charge in [-0.1, -0.05) is 0 Å². The lowest BCUT2D eigenvalue weighted by molar-refractivity contribution is -0.124. The van der Waals surface area contributed by atoms with Gasteiger partial charge in [-0.15, -0.1) is 11.3 Å². The number of likely N-dealkylation sites (tertiary alicyclic amines) is 1. The van der Waals surface area contributed by atoms with Crippen molar-refractivity contribution in [1.82, 2.24) is 35.2 Å². The van der Waals surface area contributed by atoms with Crippen molar-refractivity contribution < 1.29 is 28.7 Å². The molecule has 0 saturated carbocycles. The number of amides is 4. The van der Waals surface area contributed by atoms with Gasteiger partial charge in [0.1, 0.15) is 22.7 Å². The van der Waals surface area contributed by atoms with Crippen molar-refractivity contribution in [3.8, 4) is 11.5 Å². The van der Waals surface area contributed by atoms with Crippen LogP contribution < -0.4 is 20.1 Å². The van der Waals surface area contributed by atoms with Gasteiger partial charge in [0.05, 0.1) is 30.1 Å². The molecule has 46 heavy (non-hydrogen) atoms. The zero-order valence-electron chi connectivity index (χ0n) is 26.9. The quantitative estimate of drug-likeness (QED) is 0.440. The number of nitrogens with zero attached hydrogens (tertiary/aromatic N) is 5. The summed E-state index contributed by atoms with van der Waals surface area (Å²) in [5, 5.41) is 11.1. The van der Waals surface area contributed by atoms with E-state index in [1.165, 1.54) is 28.0 Å². The van der Waals surface area contributed by atoms with E-state index in [1.807, 2.05) is 13.8 Å². The highest BCUT2D eigenvalue weighted by Crippen LogP contribution is 2.32. The second-order valence-electron chi connectivity index (χ2n) is 11.7. The highest BCUT2D eigenvalue weighted by molar-refractivity contribution is 7.13. The van der Waals surface area contributed by atoms with Crippen LogP contribution in [0.1, 0.15) is 72.6 Å². The second-order valence-corrected chi connectivity index (χ2v) is 12.9. The van der Waals surface area contributed by atoms with Gasteiger partial charge < -0.3 is 29.9 Å². The molecule has 246 valence electrons. The monoisotopic (exact) mass is 651 g/mol. The Balaban J connectivity index is 1.40. The number of nitrogens with one attached hydrogen (secondary N) is 2. The third-order valence-corrected chi connectivity index (χ3v) is 9.26. The molecule has 2 aromatic heterocycles. The summed E-state index contributed by atoms with van der Waals surface area (Å²) in [6.07, 6.45) is 1.59. The van der Waals surface area contributed by atoms with E-state index in [0.29, 0.717) is 84.5 Å². The summed E-state index contributed by atoms with van der Waals surface area (Å²) in [5.74, 6) is -0.199. The Hall–Kier alpha value is -4.46. The Morgan fingerprint density at radius 1 is 1.02 bits per heavy atom. The number of carbonyl (C=O) groups excluding carboxylic acids is 4. The molecule has 13 nitrogen and oxygen atoms in total. The molecule has 2 aliphatic heterocycles. The number of fused-ring (bicyclic) bond motifs is 4. The molecule has 4 bridgehead atoms. The van der Waals surface area contributed by atoms with Crippen molar-refractivity contribution in [1.29, 1.82) is 0 Å². The largest absolute Gasteiger partial charge is 0.493 e. The summed E-state index contributed by atoms with van der Waals surface area (Å²) >= 11 is 1.38. The first kappa shape index (κ1) is 32.9. The van der Waals surface area contributed by atoms with Crippen LogP contribution in [0.5, 0.6) is 11.5 Å². The summed E-state index contributed by atoms with van der Waals surface area (Å²) < 4.78 is 13.3. The van der Waals surface area contributed by atoms with Crippen LogP contribution in [0.25, 0.3) is 0 Å². The first-order valence-electron chi connectivity index (χ1n) is 15.5. The van der Waals surface area contributed by atoms with Gasteiger partial charge in [-0.05, 0) is 64.3 Å². The molecule has 4 amide bonds. The van der Waals surface area contributed by atoms with Crippen molar-refractivity contribution in [2.24, 2.45) is 7.05 Å². The Morgan fingerprint density at radius 3 is 2.48 bits per heavy atom. The van der Waals surface area contributed by atoms with Gasteiger partial charge in [0, 0.05) is 45.2 Å². The smallest absolute Gasteiger partial charge is 0.272 e. The Kier molecular flexibility index (Phi) is 10.2. The number of benzene rings is 1. The van der Waals surface area contributed by atoms with Gasteiger partial charge >= 0.3 is 0 Å². The molecular weight excluding hydrogens is 610 g/mol. The fraction of sp³-hybridized carbons (Fsp3) is 0.500. The molecule has 0 spiro atoms. The lowest BCUT2D eigenvalue weighted by Gasteiger charge is -2.24. The standard InChI is InChI=1S/C32H41N7O6S/c1-19-15-25(37(4)36-19)31(42)39-18-23-17-24(39)30(41)34-11-6-7-13-38(32(43)28-20(2)35-21(3)46-28)14-8-12-33-29(40)22-9-10-26(44-5)27(16-22)45-23/h9-10,15-16,23-24H,6-8,11-14,17-18H2,1-5H3,(H,33,40)(H,34,41)/t23-,24-/m0/s1. The molecule has 14 heteroatoms. The molecule has 1 aromatic carbocycles. The van der Waals surface area contributed by atoms with E-state index in [-0.39, 0.29) is 36.6 Å². The number of aryl methyl sites for hydroxylation is 4. The lowest BCUT2D eigenvalue weighted by Crippen LogP contribution is -2.46. The molecule has 2 aliphatic rings. The van der Waals surface area contributed by atoms with Gasteiger partial charge in [-0.25, -0.2) is 4.98 Å². The number of carbonyl (C=O) groups is 4. The number of methoxy groups -OCH3 is 1. The fourth-order valence-electron chi connectivity index (χ4n) is 5.92. The van der Waals surface area contributed by atoms with E-state index < -0.39 is 12.1 Å². The predicted molar refractivity (Wildman–Crippen MR) is 171 cm³/mol. The van der Waals surface area contributed by atoms with E-state index >= 15 is 0 Å². The van der Waals surface area contributed by atoms with Crippen LogP contribution in [-0.2, 0) is 11.8 Å². The number of ether oxygens (including phenoxy) is 2. The van der Waals surface area contributed by atoms with Crippen LogP contribution in [-0.4, -0.2) is 100 Å². The average molecular weight is 652 g/mol. The predicted octanol–water partition coefficient (Wildman–Crippen LogP) is 2.64. The molecule has 5 rings (SSSR count). The molecule has 0 unspecified atom stereocenters. The molecule has 0 radical (unpaired) electrons. The summed E-state index contributed by atoms with van der Waals surface area (Å²) in [5.41, 5.74) is 2.15. The number of hydrogen-bond acceptors (Lipinski definition) is 9. The molecule has 2 atom stereocenters. The Labute approximate surface area is 272 Å². The first-order valence-corrected chi connectivity index (χ1v) is 16.3. The van der Waals surface area contributed by atoms with Crippen molar-refractivity contribution in [3.63, 3.8) is 0 Å². The number of aromatic nitrogens is 3. The van der Waals surface area contributed by atoms with Crippen LogP contribution in [0.2, 0.25) is 0 Å². The van der Waals surface area contributed by atoms with Gasteiger partial charge in [0.15, 0.2) is 11.5 Å². The molecule has 1 fully saturated rings. The fourth-order valence-corrected chi connectivity index (χ4v) is 6.81. The zero-order valence-corrected chi connectivity index (χ0v) is 27.7. The van der Waals surface area contributed by atoms with E-state index in [4.69, 9.17) is 9.47 Å².